The number of rotatable bonds is 4. The van der Waals surface area contributed by atoms with Gasteiger partial charge in [0.25, 0.3) is 11.6 Å². The summed E-state index contributed by atoms with van der Waals surface area (Å²) >= 11 is 5.24. The Labute approximate surface area is 204 Å². The highest BCUT2D eigenvalue weighted by molar-refractivity contribution is 7.80. The zero-order valence-corrected chi connectivity index (χ0v) is 20.6. The molecule has 1 aliphatic rings. The third kappa shape index (κ3) is 5.88. The SMILES string of the molecule is Cc1c(C(=O)NC(=S)Nc2ccc(N3CCN(C(=O)C(C)(C)C)CC3)cc2)cccc1[N+](=O)[O-]. The number of nitrogens with zero attached hydrogens (tertiary/aromatic N) is 3. The molecule has 2 aromatic carbocycles. The molecule has 1 heterocycles. The number of benzene rings is 2. The van der Waals surface area contributed by atoms with Gasteiger partial charge in [-0.2, -0.15) is 0 Å². The summed E-state index contributed by atoms with van der Waals surface area (Å²) in [4.78, 5) is 39.7. The number of anilines is 2. The number of amides is 2. The Morgan fingerprint density at radius 1 is 1.03 bits per heavy atom. The fraction of sp³-hybridized carbons (Fsp3) is 0.375. The molecule has 0 aliphatic carbocycles. The number of carbonyl (C=O) groups excluding carboxylic acids is 2. The quantitative estimate of drug-likeness (QED) is 0.388. The van der Waals surface area contributed by atoms with Gasteiger partial charge in [0.2, 0.25) is 5.91 Å². The van der Waals surface area contributed by atoms with E-state index in [2.05, 4.69) is 15.5 Å². The lowest BCUT2D eigenvalue weighted by atomic mass is 9.94. The van der Waals surface area contributed by atoms with E-state index in [-0.39, 0.29) is 33.2 Å². The molecule has 1 aliphatic heterocycles. The van der Waals surface area contributed by atoms with Crippen molar-refractivity contribution >= 4 is 46.2 Å². The normalized spacial score (nSPS) is 13.9. The van der Waals surface area contributed by atoms with E-state index in [9.17, 15) is 19.7 Å². The van der Waals surface area contributed by atoms with Crippen LogP contribution in [-0.2, 0) is 4.79 Å². The van der Waals surface area contributed by atoms with Crippen molar-refractivity contribution in [3.63, 3.8) is 0 Å². The van der Waals surface area contributed by atoms with Gasteiger partial charge in [0.1, 0.15) is 0 Å². The molecule has 2 amide bonds. The minimum absolute atomic E-state index is 0.0953. The minimum Gasteiger partial charge on any atom is -0.368 e. The Morgan fingerprint density at radius 2 is 1.65 bits per heavy atom. The van der Waals surface area contributed by atoms with Crippen molar-refractivity contribution in [2.75, 3.05) is 36.4 Å². The highest BCUT2D eigenvalue weighted by atomic mass is 32.1. The largest absolute Gasteiger partial charge is 0.368 e. The minimum atomic E-state index is -0.521. The van der Waals surface area contributed by atoms with Crippen molar-refractivity contribution < 1.29 is 14.5 Å². The van der Waals surface area contributed by atoms with Gasteiger partial charge in [-0.3, -0.25) is 25.0 Å². The Hall–Kier alpha value is -3.53. The summed E-state index contributed by atoms with van der Waals surface area (Å²) in [5, 5.41) is 16.7. The van der Waals surface area contributed by atoms with Crippen molar-refractivity contribution in [1.29, 1.82) is 0 Å². The van der Waals surface area contributed by atoms with E-state index in [1.165, 1.54) is 25.1 Å². The molecule has 0 aromatic heterocycles. The van der Waals surface area contributed by atoms with Gasteiger partial charge in [-0.25, -0.2) is 0 Å². The lowest BCUT2D eigenvalue weighted by molar-refractivity contribution is -0.385. The van der Waals surface area contributed by atoms with Crippen molar-refractivity contribution in [2.24, 2.45) is 5.41 Å². The smallest absolute Gasteiger partial charge is 0.273 e. The van der Waals surface area contributed by atoms with E-state index < -0.39 is 10.8 Å². The second-order valence-corrected chi connectivity index (χ2v) is 9.60. The van der Waals surface area contributed by atoms with Crippen LogP contribution in [0.2, 0.25) is 0 Å². The number of hydrogen-bond donors (Lipinski definition) is 2. The van der Waals surface area contributed by atoms with Crippen molar-refractivity contribution in [1.82, 2.24) is 10.2 Å². The zero-order chi connectivity index (χ0) is 25.0. The van der Waals surface area contributed by atoms with Crippen LogP contribution in [0.5, 0.6) is 0 Å². The maximum Gasteiger partial charge on any atom is 0.273 e. The molecule has 0 atom stereocenters. The zero-order valence-electron chi connectivity index (χ0n) is 19.8. The Balaban J connectivity index is 1.56. The third-order valence-corrected chi connectivity index (χ3v) is 5.88. The monoisotopic (exact) mass is 483 g/mol. The third-order valence-electron chi connectivity index (χ3n) is 5.67. The molecule has 1 saturated heterocycles. The summed E-state index contributed by atoms with van der Waals surface area (Å²) in [6.45, 7) is 10.2. The van der Waals surface area contributed by atoms with Crippen LogP contribution in [0.25, 0.3) is 0 Å². The van der Waals surface area contributed by atoms with Gasteiger partial charge in [-0.1, -0.05) is 26.8 Å². The number of carbonyl (C=O) groups is 2. The second kappa shape index (κ2) is 10.2. The van der Waals surface area contributed by atoms with Crippen LogP contribution in [0.1, 0.15) is 36.7 Å². The van der Waals surface area contributed by atoms with Crippen LogP contribution >= 0.6 is 12.2 Å². The molecular formula is C24H29N5O4S. The van der Waals surface area contributed by atoms with Crippen LogP contribution in [0.3, 0.4) is 0 Å². The van der Waals surface area contributed by atoms with Gasteiger partial charge < -0.3 is 15.1 Å². The van der Waals surface area contributed by atoms with E-state index >= 15 is 0 Å². The van der Waals surface area contributed by atoms with Gasteiger partial charge in [0.05, 0.1) is 4.92 Å². The number of piperazine rings is 1. The van der Waals surface area contributed by atoms with Gasteiger partial charge >= 0.3 is 0 Å². The second-order valence-electron chi connectivity index (χ2n) is 9.19. The van der Waals surface area contributed by atoms with E-state index in [0.717, 1.165) is 18.8 Å². The van der Waals surface area contributed by atoms with Crippen molar-refractivity contribution in [3.05, 3.63) is 63.7 Å². The number of thiocarbonyl (C=S) groups is 1. The number of hydrogen-bond acceptors (Lipinski definition) is 6. The Bertz CT molecular complexity index is 1100. The summed E-state index contributed by atoms with van der Waals surface area (Å²) in [7, 11) is 0. The van der Waals surface area contributed by atoms with Crippen LogP contribution in [0.4, 0.5) is 17.1 Å². The first-order chi connectivity index (χ1) is 16.0. The fourth-order valence-corrected chi connectivity index (χ4v) is 4.01. The summed E-state index contributed by atoms with van der Waals surface area (Å²) in [6.07, 6.45) is 0. The van der Waals surface area contributed by atoms with E-state index in [0.29, 0.717) is 18.8 Å². The summed E-state index contributed by atoms with van der Waals surface area (Å²) in [6, 6.07) is 12.0. The molecule has 180 valence electrons. The number of nitro groups is 1. The summed E-state index contributed by atoms with van der Waals surface area (Å²) in [5.74, 6) is -0.347. The molecule has 0 radical (unpaired) electrons. The van der Waals surface area contributed by atoms with Crippen LogP contribution < -0.4 is 15.5 Å². The predicted molar refractivity (Wildman–Crippen MR) is 136 cm³/mol. The molecule has 0 spiro atoms. The average molecular weight is 484 g/mol. The first-order valence-corrected chi connectivity index (χ1v) is 11.4. The van der Waals surface area contributed by atoms with E-state index in [4.69, 9.17) is 12.2 Å². The Kier molecular flexibility index (Phi) is 7.51. The van der Waals surface area contributed by atoms with E-state index in [1.54, 1.807) is 0 Å². The molecule has 10 heteroatoms. The first-order valence-electron chi connectivity index (χ1n) is 11.0. The maximum absolute atomic E-state index is 12.5. The van der Waals surface area contributed by atoms with Gasteiger partial charge in [-0.05, 0) is 49.5 Å². The Morgan fingerprint density at radius 3 is 2.21 bits per heavy atom. The number of nitro benzene ring substituents is 1. The fourth-order valence-electron chi connectivity index (χ4n) is 3.80. The highest BCUT2D eigenvalue weighted by Gasteiger charge is 2.29. The molecule has 0 saturated carbocycles. The lowest BCUT2D eigenvalue weighted by Gasteiger charge is -2.38. The van der Waals surface area contributed by atoms with Crippen LogP contribution in [0, 0.1) is 22.5 Å². The molecule has 0 bridgehead atoms. The molecule has 34 heavy (non-hydrogen) atoms. The number of nitrogens with one attached hydrogen (secondary N) is 2. The maximum atomic E-state index is 12.5. The molecule has 2 aromatic rings. The predicted octanol–water partition coefficient (Wildman–Crippen LogP) is 3.72. The molecule has 2 N–H and O–H groups in total. The molecule has 1 fully saturated rings. The van der Waals surface area contributed by atoms with Crippen LogP contribution in [-0.4, -0.2) is 52.9 Å². The van der Waals surface area contributed by atoms with E-state index in [1.807, 2.05) is 49.9 Å². The van der Waals surface area contributed by atoms with Crippen LogP contribution in [0.15, 0.2) is 42.5 Å². The standard InChI is InChI=1S/C24H29N5O4S/c1-16-19(6-5-7-20(16)29(32)33)21(30)26-23(34)25-17-8-10-18(11-9-17)27-12-14-28(15-13-27)22(31)24(2,3)4/h5-11H,12-15H2,1-4H3,(H2,25,26,30,34). The van der Waals surface area contributed by atoms with Crippen molar-refractivity contribution in [3.8, 4) is 0 Å². The average Bonchev–Trinajstić information content (AvgIpc) is 2.78. The highest BCUT2D eigenvalue weighted by Crippen LogP contribution is 2.23. The topological polar surface area (TPSA) is 108 Å². The van der Waals surface area contributed by atoms with Gasteiger partial charge in [-0.15, -0.1) is 0 Å². The summed E-state index contributed by atoms with van der Waals surface area (Å²) < 4.78 is 0. The summed E-state index contributed by atoms with van der Waals surface area (Å²) in [5.41, 5.74) is 1.71. The molecule has 0 unspecified atom stereocenters. The molecule has 9 nitrogen and oxygen atoms in total. The molecular weight excluding hydrogens is 454 g/mol. The lowest BCUT2D eigenvalue weighted by Crippen LogP contribution is -2.51. The first kappa shape index (κ1) is 25.1. The van der Waals surface area contributed by atoms with Gasteiger partial charge in [0, 0.05) is 60.2 Å². The van der Waals surface area contributed by atoms with Crippen molar-refractivity contribution in [2.45, 2.75) is 27.7 Å². The van der Waals surface area contributed by atoms with Gasteiger partial charge in [0.15, 0.2) is 5.11 Å². The molecule has 3 rings (SSSR count).